The third-order valence-corrected chi connectivity index (χ3v) is 7.05. The zero-order chi connectivity index (χ0) is 21.5. The molecule has 2 aromatic carbocycles. The minimum absolute atomic E-state index is 0.154. The van der Waals surface area contributed by atoms with E-state index in [2.05, 4.69) is 21.9 Å². The van der Waals surface area contributed by atoms with Gasteiger partial charge in [-0.25, -0.2) is 9.18 Å². The van der Waals surface area contributed by atoms with Crippen molar-refractivity contribution < 1.29 is 14.0 Å². The van der Waals surface area contributed by atoms with Crippen LogP contribution in [0, 0.1) is 5.82 Å². The number of benzene rings is 2. The summed E-state index contributed by atoms with van der Waals surface area (Å²) in [7, 11) is 1.86. The van der Waals surface area contributed by atoms with Crippen molar-refractivity contribution in [3.63, 3.8) is 0 Å². The van der Waals surface area contributed by atoms with Gasteiger partial charge in [-0.2, -0.15) is 0 Å². The molecule has 0 radical (unpaired) electrons. The molecular formula is C25H26FN3O2. The SMILES string of the molecule is CN1C(=O)CN2c3c(cccc31)C1CN(CCCC(=C=O)c3ccc(F)cc3)CCC12. The van der Waals surface area contributed by atoms with Crippen LogP contribution in [-0.2, 0) is 9.59 Å². The van der Waals surface area contributed by atoms with Gasteiger partial charge in [0.1, 0.15) is 11.8 Å². The summed E-state index contributed by atoms with van der Waals surface area (Å²) in [5.74, 6) is 2.30. The predicted molar refractivity (Wildman–Crippen MR) is 120 cm³/mol. The topological polar surface area (TPSA) is 43.9 Å². The first-order valence-corrected chi connectivity index (χ1v) is 10.9. The Hall–Kier alpha value is -2.95. The van der Waals surface area contributed by atoms with Gasteiger partial charge in [0, 0.05) is 37.7 Å². The van der Waals surface area contributed by atoms with E-state index in [1.165, 1.54) is 23.4 Å². The van der Waals surface area contributed by atoms with Crippen LogP contribution in [0.25, 0.3) is 5.57 Å². The lowest BCUT2D eigenvalue weighted by Gasteiger charge is -2.41. The van der Waals surface area contributed by atoms with Gasteiger partial charge in [-0.15, -0.1) is 0 Å². The van der Waals surface area contributed by atoms with Crippen LogP contribution >= 0.6 is 0 Å². The molecule has 2 aromatic rings. The molecular weight excluding hydrogens is 393 g/mol. The zero-order valence-electron chi connectivity index (χ0n) is 17.7. The molecule has 0 bridgehead atoms. The first kappa shape index (κ1) is 20.0. The highest BCUT2D eigenvalue weighted by molar-refractivity contribution is 6.04. The molecule has 160 valence electrons. The molecule has 5 nitrogen and oxygen atoms in total. The molecule has 3 heterocycles. The van der Waals surface area contributed by atoms with Crippen LogP contribution in [0.3, 0.4) is 0 Å². The van der Waals surface area contributed by atoms with Crippen molar-refractivity contribution in [3.05, 3.63) is 59.4 Å². The third kappa shape index (κ3) is 3.46. The molecule has 0 aliphatic carbocycles. The van der Waals surface area contributed by atoms with Crippen molar-refractivity contribution in [2.24, 2.45) is 0 Å². The summed E-state index contributed by atoms with van der Waals surface area (Å²) in [6, 6.07) is 12.7. The van der Waals surface area contributed by atoms with Gasteiger partial charge < -0.3 is 14.7 Å². The molecule has 0 saturated carbocycles. The van der Waals surface area contributed by atoms with E-state index in [0.717, 1.165) is 43.7 Å². The van der Waals surface area contributed by atoms with Gasteiger partial charge in [0.2, 0.25) is 5.91 Å². The number of carbonyl (C=O) groups excluding carboxylic acids is 2. The van der Waals surface area contributed by atoms with E-state index in [1.807, 2.05) is 19.1 Å². The number of para-hydroxylation sites is 1. The van der Waals surface area contributed by atoms with Crippen LogP contribution in [-0.4, -0.2) is 56.0 Å². The van der Waals surface area contributed by atoms with E-state index in [9.17, 15) is 14.0 Å². The maximum Gasteiger partial charge on any atom is 0.246 e. The van der Waals surface area contributed by atoms with E-state index in [1.54, 1.807) is 17.0 Å². The lowest BCUT2D eigenvalue weighted by Crippen LogP contribution is -2.51. The highest BCUT2D eigenvalue weighted by Gasteiger charge is 2.46. The fourth-order valence-corrected chi connectivity index (χ4v) is 5.45. The molecule has 0 N–H and O–H groups in total. The summed E-state index contributed by atoms with van der Waals surface area (Å²) in [5, 5.41) is 0. The number of hydrogen-bond acceptors (Lipinski definition) is 4. The molecule has 1 saturated heterocycles. The molecule has 0 spiro atoms. The molecule has 3 aliphatic rings. The second-order valence-corrected chi connectivity index (χ2v) is 8.75. The number of nitrogens with zero attached hydrogens (tertiary/aromatic N) is 3. The van der Waals surface area contributed by atoms with Crippen molar-refractivity contribution in [2.75, 3.05) is 43.0 Å². The largest absolute Gasteiger partial charge is 0.357 e. The fourth-order valence-electron chi connectivity index (χ4n) is 5.45. The van der Waals surface area contributed by atoms with Gasteiger partial charge in [-0.3, -0.25) is 4.79 Å². The van der Waals surface area contributed by atoms with Crippen LogP contribution in [0.4, 0.5) is 15.8 Å². The van der Waals surface area contributed by atoms with E-state index < -0.39 is 0 Å². The molecule has 1 amide bonds. The number of fused-ring (bicyclic) bond motifs is 3. The third-order valence-electron chi connectivity index (χ3n) is 7.05. The molecule has 31 heavy (non-hydrogen) atoms. The van der Waals surface area contributed by atoms with E-state index in [-0.39, 0.29) is 11.7 Å². The average Bonchev–Trinajstić information content (AvgIpc) is 3.10. The van der Waals surface area contributed by atoms with E-state index in [0.29, 0.717) is 30.5 Å². The Bertz CT molecular complexity index is 1060. The Morgan fingerprint density at radius 2 is 2.00 bits per heavy atom. The van der Waals surface area contributed by atoms with Crippen molar-refractivity contribution in [1.29, 1.82) is 0 Å². The first-order chi connectivity index (χ1) is 15.1. The van der Waals surface area contributed by atoms with E-state index in [4.69, 9.17) is 0 Å². The lowest BCUT2D eigenvalue weighted by atomic mass is 9.89. The van der Waals surface area contributed by atoms with Crippen LogP contribution in [0.2, 0.25) is 0 Å². The Morgan fingerprint density at radius 1 is 1.19 bits per heavy atom. The molecule has 0 aromatic heterocycles. The van der Waals surface area contributed by atoms with Crippen molar-refractivity contribution in [1.82, 2.24) is 4.90 Å². The van der Waals surface area contributed by atoms with Gasteiger partial charge in [-0.1, -0.05) is 24.3 Å². The molecule has 2 unspecified atom stereocenters. The summed E-state index contributed by atoms with van der Waals surface area (Å²) in [6.07, 6.45) is 2.52. The van der Waals surface area contributed by atoms with Crippen LogP contribution in [0.5, 0.6) is 0 Å². The first-order valence-electron chi connectivity index (χ1n) is 10.9. The van der Waals surface area contributed by atoms with Gasteiger partial charge in [-0.05, 0) is 55.1 Å². The number of likely N-dealkylation sites (tertiary alicyclic amines) is 1. The van der Waals surface area contributed by atoms with Crippen molar-refractivity contribution in [2.45, 2.75) is 31.2 Å². The smallest absolute Gasteiger partial charge is 0.246 e. The van der Waals surface area contributed by atoms with Crippen LogP contribution in [0.15, 0.2) is 42.5 Å². The lowest BCUT2D eigenvalue weighted by molar-refractivity contribution is -0.117. The Kier molecular flexibility index (Phi) is 5.12. The van der Waals surface area contributed by atoms with Crippen molar-refractivity contribution >= 4 is 28.8 Å². The Morgan fingerprint density at radius 3 is 2.77 bits per heavy atom. The number of hydrogen-bond donors (Lipinski definition) is 0. The summed E-state index contributed by atoms with van der Waals surface area (Å²) in [6.45, 7) is 3.32. The van der Waals surface area contributed by atoms with Crippen molar-refractivity contribution in [3.8, 4) is 0 Å². The Labute approximate surface area is 181 Å². The molecule has 1 fully saturated rings. The van der Waals surface area contributed by atoms with Gasteiger partial charge in [0.05, 0.1) is 17.9 Å². The number of carbonyl (C=O) groups is 1. The summed E-state index contributed by atoms with van der Waals surface area (Å²) in [4.78, 5) is 30.5. The van der Waals surface area contributed by atoms with Gasteiger partial charge >= 0.3 is 0 Å². The fraction of sp³-hybridized carbons (Fsp3) is 0.400. The number of likely N-dealkylation sites (N-methyl/N-ethyl adjacent to an activating group) is 1. The quantitative estimate of drug-likeness (QED) is 0.696. The average molecular weight is 420 g/mol. The minimum atomic E-state index is -0.303. The molecule has 6 heteroatoms. The number of halogens is 1. The summed E-state index contributed by atoms with van der Waals surface area (Å²) < 4.78 is 13.1. The number of piperidine rings is 1. The van der Waals surface area contributed by atoms with E-state index >= 15 is 0 Å². The maximum absolute atomic E-state index is 13.1. The second kappa shape index (κ2) is 7.95. The van der Waals surface area contributed by atoms with Gasteiger partial charge in [0.15, 0.2) is 0 Å². The number of rotatable bonds is 5. The Balaban J connectivity index is 1.25. The number of allylic oxidation sites excluding steroid dienone is 1. The predicted octanol–water partition coefficient (Wildman–Crippen LogP) is 3.48. The number of amides is 1. The maximum atomic E-state index is 13.1. The van der Waals surface area contributed by atoms with Gasteiger partial charge in [0.25, 0.3) is 0 Å². The highest BCUT2D eigenvalue weighted by Crippen LogP contribution is 2.50. The summed E-state index contributed by atoms with van der Waals surface area (Å²) in [5.41, 5.74) is 4.96. The normalized spacial score (nSPS) is 22.2. The monoisotopic (exact) mass is 419 g/mol. The zero-order valence-corrected chi connectivity index (χ0v) is 17.7. The molecule has 2 atom stereocenters. The van der Waals surface area contributed by atoms with Crippen LogP contribution in [0.1, 0.15) is 36.3 Å². The van der Waals surface area contributed by atoms with Crippen LogP contribution < -0.4 is 9.80 Å². The molecule has 3 aliphatic heterocycles. The number of anilines is 2. The molecule has 5 rings (SSSR count). The highest BCUT2D eigenvalue weighted by atomic mass is 19.1. The standard InChI is InChI=1S/C25H26FN3O2/c1-27-23-6-2-5-20-21-14-28(13-11-22(21)29(25(20)23)15-24(27)31)12-3-4-18(16-30)17-7-9-19(26)10-8-17/h2,5-10,21-22H,3-4,11-15H2,1H3. The second-order valence-electron chi connectivity index (χ2n) is 8.75. The summed E-state index contributed by atoms with van der Waals surface area (Å²) >= 11 is 0. The minimum Gasteiger partial charge on any atom is -0.357 e.